The van der Waals surface area contributed by atoms with Crippen molar-refractivity contribution in [2.24, 2.45) is 0 Å². The van der Waals surface area contributed by atoms with Crippen molar-refractivity contribution < 1.29 is 9.21 Å². The third-order valence-corrected chi connectivity index (χ3v) is 3.67. The largest absolute Gasteiger partial charge is 0.439 e. The maximum absolute atomic E-state index is 11.2. The second-order valence-corrected chi connectivity index (χ2v) is 5.55. The molecule has 3 rings (SSSR count). The van der Waals surface area contributed by atoms with Gasteiger partial charge in [-0.2, -0.15) is 0 Å². The van der Waals surface area contributed by atoms with E-state index in [0.29, 0.717) is 28.8 Å². The Hall–Kier alpha value is -2.59. The van der Waals surface area contributed by atoms with Crippen LogP contribution in [-0.4, -0.2) is 10.8 Å². The van der Waals surface area contributed by atoms with E-state index in [0.717, 1.165) is 11.3 Å². The van der Waals surface area contributed by atoms with Crippen LogP contribution < -0.4 is 5.32 Å². The van der Waals surface area contributed by atoms with Gasteiger partial charge in [0.1, 0.15) is 0 Å². The number of hydrogen-bond donors (Lipinski definition) is 1. The zero-order valence-corrected chi connectivity index (χ0v) is 13.3. The number of aromatic nitrogens is 1. The van der Waals surface area contributed by atoms with E-state index in [1.807, 2.05) is 36.4 Å². The summed E-state index contributed by atoms with van der Waals surface area (Å²) in [5.41, 5.74) is 2.52. The molecule has 1 N–H and O–H groups in total. The van der Waals surface area contributed by atoms with E-state index in [4.69, 9.17) is 16.0 Å². The molecule has 0 aliphatic rings. The highest BCUT2D eigenvalue weighted by atomic mass is 35.5. The molecule has 0 aliphatic carbocycles. The van der Waals surface area contributed by atoms with Crippen molar-refractivity contribution in [2.75, 3.05) is 5.32 Å². The van der Waals surface area contributed by atoms with Crippen molar-refractivity contribution in [2.45, 2.75) is 13.5 Å². The number of anilines is 1. The first-order valence-corrected chi connectivity index (χ1v) is 7.55. The SMILES string of the molecule is CC(=O)c1ccc(NCc2ncc(-c3ccc(Cl)cc3)o2)cc1. The van der Waals surface area contributed by atoms with Crippen LogP contribution in [0, 0.1) is 0 Å². The van der Waals surface area contributed by atoms with Crippen molar-refractivity contribution in [1.82, 2.24) is 4.98 Å². The summed E-state index contributed by atoms with van der Waals surface area (Å²) in [5.74, 6) is 1.34. The Morgan fingerprint density at radius 2 is 1.83 bits per heavy atom. The Balaban J connectivity index is 1.65. The Morgan fingerprint density at radius 3 is 2.48 bits per heavy atom. The summed E-state index contributed by atoms with van der Waals surface area (Å²) in [5, 5.41) is 3.90. The summed E-state index contributed by atoms with van der Waals surface area (Å²) in [6, 6.07) is 14.7. The first-order valence-electron chi connectivity index (χ1n) is 7.17. The van der Waals surface area contributed by atoms with Crippen LogP contribution in [0.2, 0.25) is 5.02 Å². The highest BCUT2D eigenvalue weighted by Gasteiger charge is 2.06. The van der Waals surface area contributed by atoms with E-state index in [-0.39, 0.29) is 5.78 Å². The van der Waals surface area contributed by atoms with Gasteiger partial charge >= 0.3 is 0 Å². The molecule has 5 heteroatoms. The first kappa shape index (κ1) is 15.3. The lowest BCUT2D eigenvalue weighted by Gasteiger charge is -2.04. The molecule has 0 bridgehead atoms. The first-order chi connectivity index (χ1) is 11.1. The molecule has 1 heterocycles. The number of carbonyl (C=O) groups excluding carboxylic acids is 1. The molecule has 0 saturated carbocycles. The van der Waals surface area contributed by atoms with Crippen molar-refractivity contribution >= 4 is 23.1 Å². The van der Waals surface area contributed by atoms with Gasteiger partial charge in [-0.05, 0) is 55.5 Å². The summed E-state index contributed by atoms with van der Waals surface area (Å²) in [6.45, 7) is 2.01. The van der Waals surface area contributed by atoms with Crippen LogP contribution in [0.4, 0.5) is 5.69 Å². The van der Waals surface area contributed by atoms with Gasteiger partial charge in [0, 0.05) is 21.8 Å². The Morgan fingerprint density at radius 1 is 1.13 bits per heavy atom. The standard InChI is InChI=1S/C18H15ClN2O2/c1-12(22)13-4-8-16(9-5-13)20-11-18-21-10-17(23-18)14-2-6-15(19)7-3-14/h2-10,20H,11H2,1H3. The van der Waals surface area contributed by atoms with Crippen LogP contribution in [0.3, 0.4) is 0 Å². The van der Waals surface area contributed by atoms with Crippen molar-refractivity contribution in [3.8, 4) is 11.3 Å². The number of benzene rings is 2. The van der Waals surface area contributed by atoms with Crippen LogP contribution in [0.25, 0.3) is 11.3 Å². The van der Waals surface area contributed by atoms with Gasteiger partial charge in [0.15, 0.2) is 11.5 Å². The Kier molecular flexibility index (Phi) is 4.44. The molecule has 0 atom stereocenters. The number of nitrogens with one attached hydrogen (secondary N) is 1. The Labute approximate surface area is 139 Å². The van der Waals surface area contributed by atoms with E-state index in [1.165, 1.54) is 0 Å². The molecule has 0 fully saturated rings. The number of ketones is 1. The molecule has 3 aromatic rings. The summed E-state index contributed by atoms with van der Waals surface area (Å²) in [7, 11) is 0. The molecule has 0 radical (unpaired) electrons. The molecule has 0 saturated heterocycles. The topological polar surface area (TPSA) is 55.1 Å². The number of rotatable bonds is 5. The van der Waals surface area contributed by atoms with Gasteiger partial charge in [-0.1, -0.05) is 11.6 Å². The van der Waals surface area contributed by atoms with Crippen LogP contribution >= 0.6 is 11.6 Å². The van der Waals surface area contributed by atoms with E-state index in [9.17, 15) is 4.79 Å². The molecule has 23 heavy (non-hydrogen) atoms. The molecular formula is C18H15ClN2O2. The van der Waals surface area contributed by atoms with Gasteiger partial charge < -0.3 is 9.73 Å². The van der Waals surface area contributed by atoms with Gasteiger partial charge in [0.25, 0.3) is 0 Å². The fourth-order valence-electron chi connectivity index (χ4n) is 2.14. The van der Waals surface area contributed by atoms with Gasteiger partial charge in [-0.15, -0.1) is 0 Å². The average molecular weight is 327 g/mol. The minimum absolute atomic E-state index is 0.0526. The normalized spacial score (nSPS) is 10.5. The molecule has 2 aromatic carbocycles. The number of halogens is 1. The maximum atomic E-state index is 11.2. The summed E-state index contributed by atoms with van der Waals surface area (Å²) in [4.78, 5) is 15.5. The lowest BCUT2D eigenvalue weighted by atomic mass is 10.1. The predicted octanol–water partition coefficient (Wildman–Crippen LogP) is 4.81. The second kappa shape index (κ2) is 6.67. The fourth-order valence-corrected chi connectivity index (χ4v) is 2.27. The van der Waals surface area contributed by atoms with Crippen LogP contribution in [0.5, 0.6) is 0 Å². The summed E-state index contributed by atoms with van der Waals surface area (Å²) < 4.78 is 5.72. The van der Waals surface area contributed by atoms with E-state index in [2.05, 4.69) is 10.3 Å². The van der Waals surface area contributed by atoms with E-state index in [1.54, 1.807) is 25.3 Å². The van der Waals surface area contributed by atoms with Crippen LogP contribution in [-0.2, 0) is 6.54 Å². The highest BCUT2D eigenvalue weighted by Crippen LogP contribution is 2.22. The second-order valence-electron chi connectivity index (χ2n) is 5.11. The van der Waals surface area contributed by atoms with Crippen LogP contribution in [0.1, 0.15) is 23.2 Å². The third kappa shape index (κ3) is 3.79. The van der Waals surface area contributed by atoms with E-state index < -0.39 is 0 Å². The quantitative estimate of drug-likeness (QED) is 0.684. The van der Waals surface area contributed by atoms with Gasteiger partial charge in [0.2, 0.25) is 5.89 Å². The highest BCUT2D eigenvalue weighted by molar-refractivity contribution is 6.30. The minimum Gasteiger partial charge on any atom is -0.439 e. The molecule has 116 valence electrons. The maximum Gasteiger partial charge on any atom is 0.214 e. The molecule has 0 spiro atoms. The number of oxazole rings is 1. The summed E-state index contributed by atoms with van der Waals surface area (Å²) >= 11 is 5.88. The average Bonchev–Trinajstić information content (AvgIpc) is 3.03. The molecule has 0 unspecified atom stereocenters. The van der Waals surface area contributed by atoms with Crippen molar-refractivity contribution in [3.63, 3.8) is 0 Å². The van der Waals surface area contributed by atoms with Crippen LogP contribution in [0.15, 0.2) is 59.1 Å². The Bertz CT molecular complexity index is 808. The molecule has 0 amide bonds. The number of nitrogens with zero attached hydrogens (tertiary/aromatic N) is 1. The lowest BCUT2D eigenvalue weighted by Crippen LogP contribution is -2.00. The summed E-state index contributed by atoms with van der Waals surface area (Å²) in [6.07, 6.45) is 1.69. The smallest absolute Gasteiger partial charge is 0.214 e. The molecule has 4 nitrogen and oxygen atoms in total. The van der Waals surface area contributed by atoms with Gasteiger partial charge in [-0.3, -0.25) is 4.79 Å². The van der Waals surface area contributed by atoms with Crippen molar-refractivity contribution in [3.05, 3.63) is 71.2 Å². The number of Topliss-reactive ketones (excluding diaryl/α,β-unsaturated/α-hetero) is 1. The third-order valence-electron chi connectivity index (χ3n) is 3.42. The zero-order valence-electron chi connectivity index (χ0n) is 12.5. The monoisotopic (exact) mass is 326 g/mol. The van der Waals surface area contributed by atoms with E-state index >= 15 is 0 Å². The molecule has 0 aliphatic heterocycles. The fraction of sp³-hybridized carbons (Fsp3) is 0.111. The van der Waals surface area contributed by atoms with Gasteiger partial charge in [0.05, 0.1) is 12.7 Å². The molecular weight excluding hydrogens is 312 g/mol. The number of carbonyl (C=O) groups is 1. The zero-order chi connectivity index (χ0) is 16.2. The minimum atomic E-state index is 0.0526. The predicted molar refractivity (Wildman–Crippen MR) is 90.7 cm³/mol. The lowest BCUT2D eigenvalue weighted by molar-refractivity contribution is 0.101. The van der Waals surface area contributed by atoms with Crippen molar-refractivity contribution in [1.29, 1.82) is 0 Å². The molecule has 1 aromatic heterocycles. The van der Waals surface area contributed by atoms with Gasteiger partial charge in [-0.25, -0.2) is 4.98 Å². The number of hydrogen-bond acceptors (Lipinski definition) is 4.